The van der Waals surface area contributed by atoms with E-state index in [0.717, 1.165) is 43.1 Å². The van der Waals surface area contributed by atoms with Crippen molar-refractivity contribution in [2.24, 2.45) is 34.5 Å². The molecule has 24 heavy (non-hydrogen) atoms. The van der Waals surface area contributed by atoms with Gasteiger partial charge in [0, 0.05) is 6.42 Å². The van der Waals surface area contributed by atoms with Crippen molar-refractivity contribution in [3.63, 3.8) is 0 Å². The predicted molar refractivity (Wildman–Crippen MR) is 94.6 cm³/mol. The van der Waals surface area contributed by atoms with Crippen molar-refractivity contribution in [2.75, 3.05) is 6.61 Å². The maximum atomic E-state index is 11.9. The van der Waals surface area contributed by atoms with Crippen LogP contribution in [0.4, 0.5) is 0 Å². The molecule has 4 fully saturated rings. The van der Waals surface area contributed by atoms with E-state index in [-0.39, 0.29) is 5.60 Å². The first kappa shape index (κ1) is 15.6. The fraction of sp³-hybridized carbons (Fsp3) is 0.864. The highest BCUT2D eigenvalue weighted by Crippen LogP contribution is 2.69. The van der Waals surface area contributed by atoms with Crippen molar-refractivity contribution in [3.8, 4) is 0 Å². The second-order valence-electron chi connectivity index (χ2n) is 10.2. The van der Waals surface area contributed by atoms with Crippen molar-refractivity contribution >= 4 is 5.78 Å². The largest absolute Gasteiger partial charge is 0.370 e. The predicted octanol–water partition coefficient (Wildman–Crippen LogP) is 4.92. The van der Waals surface area contributed by atoms with E-state index in [1.165, 1.54) is 44.1 Å². The molecule has 0 aromatic carbocycles. The lowest BCUT2D eigenvalue weighted by molar-refractivity contribution is -0.117. The van der Waals surface area contributed by atoms with Crippen LogP contribution in [0, 0.1) is 34.5 Å². The Hall–Kier alpha value is -0.630. The lowest BCUT2D eigenvalue weighted by atomic mass is 9.46. The molecule has 7 atom stereocenters. The Labute approximate surface area is 146 Å². The molecule has 0 amide bonds. The summed E-state index contributed by atoms with van der Waals surface area (Å²) in [5.41, 5.74) is 2.50. The van der Waals surface area contributed by atoms with Gasteiger partial charge in [0.15, 0.2) is 5.78 Å². The van der Waals surface area contributed by atoms with Crippen LogP contribution in [0.5, 0.6) is 0 Å². The zero-order valence-corrected chi connectivity index (χ0v) is 15.6. The standard InChI is InChI=1S/C22H32O2/c1-20-10-8-15(23)12-14(20)4-5-16-17-6-7-19(22(3)13-24-22)21(17,2)11-9-18(16)20/h12,16-19H,4-11,13H2,1-3H3/t16-,17-,18-,19-,20-,21-,22?/m0/s1. The van der Waals surface area contributed by atoms with E-state index in [9.17, 15) is 4.79 Å². The van der Waals surface area contributed by atoms with Gasteiger partial charge in [-0.3, -0.25) is 4.79 Å². The van der Waals surface area contributed by atoms with Crippen LogP contribution in [-0.2, 0) is 9.53 Å². The fourth-order valence-electron chi connectivity index (χ4n) is 7.88. The zero-order chi connectivity index (χ0) is 16.7. The minimum Gasteiger partial charge on any atom is -0.370 e. The summed E-state index contributed by atoms with van der Waals surface area (Å²) < 4.78 is 5.90. The summed E-state index contributed by atoms with van der Waals surface area (Å²) in [7, 11) is 0. The second-order valence-corrected chi connectivity index (χ2v) is 10.2. The van der Waals surface area contributed by atoms with Gasteiger partial charge in [0.05, 0.1) is 12.2 Å². The third-order valence-corrected chi connectivity index (χ3v) is 9.30. The molecule has 1 heterocycles. The lowest BCUT2D eigenvalue weighted by Gasteiger charge is -2.58. The van der Waals surface area contributed by atoms with Gasteiger partial charge < -0.3 is 4.74 Å². The van der Waals surface area contributed by atoms with Gasteiger partial charge in [-0.2, -0.15) is 0 Å². The van der Waals surface area contributed by atoms with Gasteiger partial charge in [-0.15, -0.1) is 0 Å². The molecule has 2 nitrogen and oxygen atoms in total. The molecule has 0 bridgehead atoms. The van der Waals surface area contributed by atoms with Crippen molar-refractivity contribution in [1.29, 1.82) is 0 Å². The van der Waals surface area contributed by atoms with Crippen molar-refractivity contribution in [1.82, 2.24) is 0 Å². The number of hydrogen-bond acceptors (Lipinski definition) is 2. The van der Waals surface area contributed by atoms with Gasteiger partial charge in [0.25, 0.3) is 0 Å². The molecule has 1 saturated heterocycles. The number of epoxide rings is 1. The Bertz CT molecular complexity index is 615. The molecular weight excluding hydrogens is 296 g/mol. The number of carbonyl (C=O) groups excluding carboxylic acids is 1. The third-order valence-electron chi connectivity index (χ3n) is 9.30. The average Bonchev–Trinajstić information content (AvgIpc) is 3.17. The highest BCUT2D eigenvalue weighted by atomic mass is 16.6. The zero-order valence-electron chi connectivity index (χ0n) is 15.6. The van der Waals surface area contributed by atoms with Crippen LogP contribution in [0.15, 0.2) is 11.6 Å². The van der Waals surface area contributed by atoms with Crippen LogP contribution in [0.1, 0.15) is 72.1 Å². The molecule has 0 aromatic heterocycles. The summed E-state index contributed by atoms with van der Waals surface area (Å²) in [6, 6.07) is 0. The van der Waals surface area contributed by atoms with E-state index in [0.29, 0.717) is 16.6 Å². The van der Waals surface area contributed by atoms with Crippen LogP contribution < -0.4 is 0 Å². The molecule has 1 aliphatic heterocycles. The lowest BCUT2D eigenvalue weighted by Crippen LogP contribution is -2.51. The van der Waals surface area contributed by atoms with Gasteiger partial charge >= 0.3 is 0 Å². The monoisotopic (exact) mass is 328 g/mol. The molecule has 3 saturated carbocycles. The van der Waals surface area contributed by atoms with Gasteiger partial charge in [-0.05, 0) is 92.4 Å². The molecule has 5 aliphatic rings. The maximum absolute atomic E-state index is 11.9. The van der Waals surface area contributed by atoms with Crippen molar-refractivity contribution in [3.05, 3.63) is 11.6 Å². The SMILES string of the molecule is CC1([C@H]2CC[C@H]3[C@@H]4CCC5=CC(=O)CC[C@]5(C)[C@H]4CC[C@]23C)CO1. The van der Waals surface area contributed by atoms with Crippen LogP contribution in [0.25, 0.3) is 0 Å². The first-order valence-corrected chi connectivity index (χ1v) is 10.2. The summed E-state index contributed by atoms with van der Waals surface area (Å²) >= 11 is 0. The Kier molecular flexibility index (Phi) is 3.09. The molecule has 0 aromatic rings. The van der Waals surface area contributed by atoms with E-state index in [4.69, 9.17) is 4.74 Å². The van der Waals surface area contributed by atoms with Crippen molar-refractivity contribution < 1.29 is 9.53 Å². The van der Waals surface area contributed by atoms with E-state index in [1.54, 1.807) is 0 Å². The number of ketones is 1. The van der Waals surface area contributed by atoms with Gasteiger partial charge in [-0.25, -0.2) is 0 Å². The number of fused-ring (bicyclic) bond motifs is 5. The Balaban J connectivity index is 1.47. The molecule has 0 N–H and O–H groups in total. The second kappa shape index (κ2) is 4.75. The van der Waals surface area contributed by atoms with Gasteiger partial charge in [0.2, 0.25) is 0 Å². The summed E-state index contributed by atoms with van der Waals surface area (Å²) in [5.74, 6) is 3.73. The Morgan fingerprint density at radius 2 is 1.79 bits per heavy atom. The minimum atomic E-state index is 0.192. The molecule has 1 unspecified atom stereocenters. The first-order valence-electron chi connectivity index (χ1n) is 10.2. The average molecular weight is 328 g/mol. The highest BCUT2D eigenvalue weighted by Gasteiger charge is 2.64. The Morgan fingerprint density at radius 3 is 2.54 bits per heavy atom. The Morgan fingerprint density at radius 1 is 1.00 bits per heavy atom. The summed E-state index contributed by atoms with van der Waals surface area (Å²) in [6.45, 7) is 8.42. The first-order chi connectivity index (χ1) is 11.4. The van der Waals surface area contributed by atoms with Gasteiger partial charge in [-0.1, -0.05) is 19.4 Å². The molecule has 0 radical (unpaired) electrons. The van der Waals surface area contributed by atoms with E-state index in [2.05, 4.69) is 20.8 Å². The summed E-state index contributed by atoms with van der Waals surface area (Å²) in [6.07, 6.45) is 11.9. The van der Waals surface area contributed by atoms with Crippen LogP contribution in [0.2, 0.25) is 0 Å². The third kappa shape index (κ3) is 1.90. The number of rotatable bonds is 1. The number of carbonyl (C=O) groups is 1. The molecular formula is C22H32O2. The number of hydrogen-bond donors (Lipinski definition) is 0. The summed E-state index contributed by atoms with van der Waals surface area (Å²) in [4.78, 5) is 11.9. The van der Waals surface area contributed by atoms with Crippen LogP contribution >= 0.6 is 0 Å². The maximum Gasteiger partial charge on any atom is 0.155 e. The van der Waals surface area contributed by atoms with E-state index in [1.807, 2.05) is 6.08 Å². The van der Waals surface area contributed by atoms with E-state index < -0.39 is 0 Å². The van der Waals surface area contributed by atoms with E-state index >= 15 is 0 Å². The fourth-order valence-corrected chi connectivity index (χ4v) is 7.88. The van der Waals surface area contributed by atoms with Crippen LogP contribution in [0.3, 0.4) is 0 Å². The molecule has 4 aliphatic carbocycles. The molecule has 132 valence electrons. The highest BCUT2D eigenvalue weighted by molar-refractivity contribution is 5.91. The van der Waals surface area contributed by atoms with Crippen molar-refractivity contribution in [2.45, 2.75) is 77.7 Å². The quantitative estimate of drug-likeness (QED) is 0.639. The molecule has 0 spiro atoms. The molecule has 2 heteroatoms. The van der Waals surface area contributed by atoms with Gasteiger partial charge in [0.1, 0.15) is 0 Å². The smallest absolute Gasteiger partial charge is 0.155 e. The number of ether oxygens (including phenoxy) is 1. The summed E-state index contributed by atoms with van der Waals surface area (Å²) in [5, 5.41) is 0. The minimum absolute atomic E-state index is 0.192. The topological polar surface area (TPSA) is 29.6 Å². The normalized spacial score (nSPS) is 56.1. The number of allylic oxidation sites excluding steroid dienone is 1. The molecule has 5 rings (SSSR count). The van der Waals surface area contributed by atoms with Crippen LogP contribution in [-0.4, -0.2) is 18.0 Å².